The third-order valence-electron chi connectivity index (χ3n) is 3.04. The second kappa shape index (κ2) is 2.37. The first kappa shape index (κ1) is 6.38. The molecular weight excluding hydrogens is 124 g/mol. The molecule has 2 fully saturated rings. The van der Waals surface area contributed by atoms with Crippen LogP contribution in [0.5, 0.6) is 0 Å². The van der Waals surface area contributed by atoms with Crippen LogP contribution >= 0.6 is 0 Å². The van der Waals surface area contributed by atoms with Crippen molar-refractivity contribution in [2.45, 2.75) is 38.5 Å². The smallest absolute Gasteiger partial charge is 0.136 e. The van der Waals surface area contributed by atoms with E-state index < -0.39 is 0 Å². The maximum absolute atomic E-state index is 11.0. The van der Waals surface area contributed by atoms with Crippen molar-refractivity contribution in [3.05, 3.63) is 0 Å². The molecule has 0 spiro atoms. The van der Waals surface area contributed by atoms with Gasteiger partial charge in [-0.2, -0.15) is 0 Å². The highest BCUT2D eigenvalue weighted by molar-refractivity contribution is 5.87. The van der Waals surface area contributed by atoms with Gasteiger partial charge in [-0.25, -0.2) is 0 Å². The van der Waals surface area contributed by atoms with E-state index in [1.165, 1.54) is 32.1 Å². The predicted octanol–water partition coefficient (Wildman–Crippen LogP) is 2.16. The number of carbonyl (C=O) groups excluding carboxylic acids is 1. The van der Waals surface area contributed by atoms with E-state index in [9.17, 15) is 4.79 Å². The molecule has 0 aromatic rings. The van der Waals surface area contributed by atoms with Crippen molar-refractivity contribution in [1.29, 1.82) is 0 Å². The summed E-state index contributed by atoms with van der Waals surface area (Å²) in [7, 11) is 0. The molecule has 0 unspecified atom stereocenters. The van der Waals surface area contributed by atoms with Crippen molar-refractivity contribution >= 4 is 5.78 Å². The van der Waals surface area contributed by atoms with Crippen LogP contribution in [-0.2, 0) is 4.79 Å². The third kappa shape index (κ3) is 0.882. The molecule has 1 nitrogen and oxygen atoms in total. The molecule has 2 aliphatic rings. The van der Waals surface area contributed by atoms with Crippen molar-refractivity contribution in [3.63, 3.8) is 0 Å². The summed E-state index contributed by atoms with van der Waals surface area (Å²) in [6, 6.07) is 0. The van der Waals surface area contributed by atoms with Crippen LogP contribution in [-0.4, -0.2) is 5.78 Å². The van der Waals surface area contributed by atoms with E-state index in [1.807, 2.05) is 0 Å². The first-order chi connectivity index (χ1) is 4.88. The lowest BCUT2D eigenvalue weighted by atomic mass is 9.70. The first-order valence-electron chi connectivity index (χ1n) is 4.40. The minimum atomic E-state index is 0.502. The van der Waals surface area contributed by atoms with Gasteiger partial charge in [-0.15, -0.1) is 0 Å². The summed E-state index contributed by atoms with van der Waals surface area (Å²) in [6.07, 6.45) is 7.46. The molecule has 0 aromatic heterocycles. The zero-order valence-electron chi connectivity index (χ0n) is 6.31. The molecule has 0 radical (unpaired) electrons. The Morgan fingerprint density at radius 2 is 1.90 bits per heavy atom. The zero-order chi connectivity index (χ0) is 6.97. The minimum absolute atomic E-state index is 0.502. The fourth-order valence-corrected chi connectivity index (χ4v) is 2.30. The number of hydrogen-bond donors (Lipinski definition) is 0. The summed E-state index contributed by atoms with van der Waals surface area (Å²) >= 11 is 0. The highest BCUT2D eigenvalue weighted by atomic mass is 16.1. The van der Waals surface area contributed by atoms with Gasteiger partial charge < -0.3 is 0 Å². The monoisotopic (exact) mass is 138 g/mol. The van der Waals surface area contributed by atoms with Gasteiger partial charge >= 0.3 is 0 Å². The van der Waals surface area contributed by atoms with Gasteiger partial charge in [0.2, 0.25) is 0 Å². The van der Waals surface area contributed by atoms with Gasteiger partial charge in [-0.1, -0.05) is 19.3 Å². The second-order valence-electron chi connectivity index (χ2n) is 3.68. The Balaban J connectivity index is 1.99. The fraction of sp³-hybridized carbons (Fsp3) is 0.889. The van der Waals surface area contributed by atoms with Crippen LogP contribution in [0.25, 0.3) is 0 Å². The van der Waals surface area contributed by atoms with E-state index in [1.54, 1.807) is 0 Å². The molecule has 0 bridgehead atoms. The summed E-state index contributed by atoms with van der Waals surface area (Å²) in [5.74, 6) is 1.85. The quantitative estimate of drug-likeness (QED) is 0.501. The van der Waals surface area contributed by atoms with Gasteiger partial charge in [0.05, 0.1) is 0 Å². The van der Waals surface area contributed by atoms with Gasteiger partial charge in [-0.05, 0) is 18.8 Å². The molecule has 2 atom stereocenters. The second-order valence-corrected chi connectivity index (χ2v) is 3.68. The summed E-state index contributed by atoms with van der Waals surface area (Å²) in [6.45, 7) is 0. The van der Waals surface area contributed by atoms with Crippen molar-refractivity contribution in [1.82, 2.24) is 0 Å². The summed E-state index contributed by atoms with van der Waals surface area (Å²) in [4.78, 5) is 11.0. The Morgan fingerprint density at radius 1 is 1.10 bits per heavy atom. The highest BCUT2D eigenvalue weighted by Gasteiger charge is 2.39. The maximum Gasteiger partial charge on any atom is 0.136 e. The SMILES string of the molecule is O=C1C[C@H]2CCCCC[C@@H]12. The zero-order valence-corrected chi connectivity index (χ0v) is 6.31. The van der Waals surface area contributed by atoms with Gasteiger partial charge in [-0.3, -0.25) is 4.79 Å². The van der Waals surface area contributed by atoms with Crippen LogP contribution in [0.3, 0.4) is 0 Å². The molecule has 1 heteroatoms. The Hall–Kier alpha value is -0.330. The van der Waals surface area contributed by atoms with Gasteiger partial charge in [0.25, 0.3) is 0 Å². The van der Waals surface area contributed by atoms with Crippen molar-refractivity contribution < 1.29 is 4.79 Å². The van der Waals surface area contributed by atoms with E-state index >= 15 is 0 Å². The molecule has 10 heavy (non-hydrogen) atoms. The predicted molar refractivity (Wildman–Crippen MR) is 39.7 cm³/mol. The molecule has 2 aliphatic carbocycles. The summed E-state index contributed by atoms with van der Waals surface area (Å²) in [5, 5.41) is 0. The Morgan fingerprint density at radius 3 is 2.70 bits per heavy atom. The van der Waals surface area contributed by atoms with Gasteiger partial charge in [0.1, 0.15) is 5.78 Å². The molecule has 2 saturated carbocycles. The van der Waals surface area contributed by atoms with Crippen LogP contribution in [0.2, 0.25) is 0 Å². The van der Waals surface area contributed by atoms with E-state index in [2.05, 4.69) is 0 Å². The van der Waals surface area contributed by atoms with Gasteiger partial charge in [0.15, 0.2) is 0 Å². The van der Waals surface area contributed by atoms with E-state index in [-0.39, 0.29) is 0 Å². The number of Topliss-reactive ketones (excluding diaryl/α,β-unsaturated/α-hetero) is 1. The molecule has 0 aliphatic heterocycles. The fourth-order valence-electron chi connectivity index (χ4n) is 2.30. The standard InChI is InChI=1S/C9H14O/c10-9-6-7-4-2-1-3-5-8(7)9/h7-8H,1-6H2/t7-,8-/m1/s1. The maximum atomic E-state index is 11.0. The van der Waals surface area contributed by atoms with E-state index in [0.717, 1.165) is 12.3 Å². The van der Waals surface area contributed by atoms with E-state index in [4.69, 9.17) is 0 Å². The van der Waals surface area contributed by atoms with Crippen LogP contribution in [0.4, 0.5) is 0 Å². The van der Waals surface area contributed by atoms with Crippen molar-refractivity contribution in [2.75, 3.05) is 0 Å². The Labute approximate surface area is 61.8 Å². The number of ketones is 1. The van der Waals surface area contributed by atoms with Crippen LogP contribution in [0.1, 0.15) is 38.5 Å². The molecule has 0 saturated heterocycles. The molecule has 56 valence electrons. The van der Waals surface area contributed by atoms with Crippen LogP contribution in [0, 0.1) is 11.8 Å². The average Bonchev–Trinajstić information content (AvgIpc) is 2.09. The molecular formula is C9H14O. The lowest BCUT2D eigenvalue weighted by Crippen LogP contribution is -2.35. The van der Waals surface area contributed by atoms with E-state index in [0.29, 0.717) is 11.7 Å². The Kier molecular flexibility index (Phi) is 1.51. The number of hydrogen-bond acceptors (Lipinski definition) is 1. The highest BCUT2D eigenvalue weighted by Crippen LogP contribution is 2.40. The van der Waals surface area contributed by atoms with Crippen LogP contribution in [0.15, 0.2) is 0 Å². The van der Waals surface area contributed by atoms with Crippen molar-refractivity contribution in [3.8, 4) is 0 Å². The van der Waals surface area contributed by atoms with Crippen molar-refractivity contribution in [2.24, 2.45) is 11.8 Å². The summed E-state index contributed by atoms with van der Waals surface area (Å²) in [5.41, 5.74) is 0. The third-order valence-corrected chi connectivity index (χ3v) is 3.04. The molecule has 0 aromatic carbocycles. The normalized spacial score (nSPS) is 39.8. The largest absolute Gasteiger partial charge is 0.299 e. The number of carbonyl (C=O) groups is 1. The minimum Gasteiger partial charge on any atom is -0.299 e. The molecule has 0 N–H and O–H groups in total. The number of fused-ring (bicyclic) bond motifs is 1. The number of rotatable bonds is 0. The molecule has 2 rings (SSSR count). The molecule has 0 heterocycles. The summed E-state index contributed by atoms with van der Waals surface area (Å²) < 4.78 is 0. The topological polar surface area (TPSA) is 17.1 Å². The molecule has 0 amide bonds. The van der Waals surface area contributed by atoms with Crippen LogP contribution < -0.4 is 0 Å². The Bertz CT molecular complexity index is 151. The lowest BCUT2D eigenvalue weighted by molar-refractivity contribution is -0.134. The average molecular weight is 138 g/mol. The van der Waals surface area contributed by atoms with Gasteiger partial charge in [0, 0.05) is 12.3 Å². The lowest BCUT2D eigenvalue weighted by Gasteiger charge is -2.33. The first-order valence-corrected chi connectivity index (χ1v) is 4.40.